The van der Waals surface area contributed by atoms with E-state index < -0.39 is 0 Å². The normalized spacial score (nSPS) is 18.9. The van der Waals surface area contributed by atoms with Crippen LogP contribution in [0.3, 0.4) is 0 Å². The Labute approximate surface area is 174 Å². The van der Waals surface area contributed by atoms with Crippen LogP contribution in [-0.2, 0) is 4.79 Å². The molecule has 0 aromatic heterocycles. The van der Waals surface area contributed by atoms with Crippen LogP contribution >= 0.6 is 11.6 Å². The number of benzene rings is 2. The number of likely N-dealkylation sites (tertiary alicyclic amines) is 1. The summed E-state index contributed by atoms with van der Waals surface area (Å²) in [5.41, 5.74) is 0.618. The highest BCUT2D eigenvalue weighted by molar-refractivity contribution is 6.30. The maximum absolute atomic E-state index is 12.6. The highest BCUT2D eigenvalue weighted by Crippen LogP contribution is 2.30. The van der Waals surface area contributed by atoms with Gasteiger partial charge < -0.3 is 19.7 Å². The van der Waals surface area contributed by atoms with Gasteiger partial charge in [-0.25, -0.2) is 0 Å². The minimum absolute atomic E-state index is 0.00560. The van der Waals surface area contributed by atoms with Crippen LogP contribution < -0.4 is 14.8 Å². The second-order valence-electron chi connectivity index (χ2n) is 7.32. The Hall–Kier alpha value is -2.73. The van der Waals surface area contributed by atoms with Gasteiger partial charge in [-0.15, -0.1) is 0 Å². The fourth-order valence-corrected chi connectivity index (χ4v) is 3.77. The van der Waals surface area contributed by atoms with Crippen molar-refractivity contribution in [1.29, 1.82) is 0 Å². The zero-order valence-electron chi connectivity index (χ0n) is 16.0. The van der Waals surface area contributed by atoms with Gasteiger partial charge in [0, 0.05) is 29.6 Å². The molecule has 6 nitrogen and oxygen atoms in total. The van der Waals surface area contributed by atoms with Gasteiger partial charge in [0.15, 0.2) is 11.5 Å². The van der Waals surface area contributed by atoms with E-state index >= 15 is 0 Å². The molecule has 2 aliphatic heterocycles. The van der Waals surface area contributed by atoms with Gasteiger partial charge >= 0.3 is 0 Å². The van der Waals surface area contributed by atoms with E-state index in [1.54, 1.807) is 29.2 Å². The molecule has 1 atom stereocenters. The highest BCUT2D eigenvalue weighted by Gasteiger charge is 2.29. The third-order valence-corrected chi connectivity index (χ3v) is 5.57. The largest absolute Gasteiger partial charge is 0.486 e. The number of halogens is 1. The van der Waals surface area contributed by atoms with E-state index in [9.17, 15) is 9.59 Å². The van der Waals surface area contributed by atoms with Crippen molar-refractivity contribution in [3.8, 4) is 11.5 Å². The Morgan fingerprint density at radius 1 is 1.03 bits per heavy atom. The van der Waals surface area contributed by atoms with Gasteiger partial charge in [-0.1, -0.05) is 23.7 Å². The monoisotopic (exact) mass is 414 g/mol. The number of hydrogen-bond acceptors (Lipinski definition) is 4. The molecule has 0 spiro atoms. The van der Waals surface area contributed by atoms with Crippen molar-refractivity contribution in [2.75, 3.05) is 26.2 Å². The number of hydrogen-bond donors (Lipinski definition) is 1. The van der Waals surface area contributed by atoms with E-state index in [2.05, 4.69) is 5.32 Å². The third kappa shape index (κ3) is 4.65. The molecule has 2 heterocycles. The molecule has 0 aliphatic carbocycles. The second-order valence-corrected chi connectivity index (χ2v) is 7.75. The van der Waals surface area contributed by atoms with Gasteiger partial charge in [0.25, 0.3) is 5.91 Å². The molecular formula is C22H23ClN2O4. The van der Waals surface area contributed by atoms with Crippen molar-refractivity contribution in [2.45, 2.75) is 18.9 Å². The van der Waals surface area contributed by atoms with Crippen LogP contribution in [0.15, 0.2) is 48.5 Å². The average Bonchev–Trinajstić information content (AvgIpc) is 2.77. The van der Waals surface area contributed by atoms with E-state index in [-0.39, 0.29) is 23.8 Å². The predicted molar refractivity (Wildman–Crippen MR) is 109 cm³/mol. The minimum atomic E-state index is -0.208. The molecule has 0 radical (unpaired) electrons. The maximum atomic E-state index is 12.6. The highest BCUT2D eigenvalue weighted by atomic mass is 35.5. The van der Waals surface area contributed by atoms with Crippen LogP contribution in [-0.4, -0.2) is 49.1 Å². The standard InChI is InChI=1S/C22H23ClN2O4/c23-17-7-5-16(6-8-17)22(27)25-11-9-15(10-12-25)21(26)24-13-18-14-28-19-3-1-2-4-20(19)29-18/h1-8,15,18H,9-14H2,(H,24,26)/t18-/m0/s1. The fraction of sp³-hybridized carbons (Fsp3) is 0.364. The lowest BCUT2D eigenvalue weighted by Crippen LogP contribution is -2.46. The Morgan fingerprint density at radius 3 is 2.45 bits per heavy atom. The smallest absolute Gasteiger partial charge is 0.253 e. The zero-order chi connectivity index (χ0) is 20.2. The quantitative estimate of drug-likeness (QED) is 0.834. The van der Waals surface area contributed by atoms with Gasteiger partial charge in [-0.2, -0.15) is 0 Å². The first-order valence-corrected chi connectivity index (χ1v) is 10.2. The molecule has 4 rings (SSSR count). The number of carbonyl (C=O) groups is 2. The summed E-state index contributed by atoms with van der Waals surface area (Å²) in [6.07, 6.45) is 1.09. The summed E-state index contributed by atoms with van der Waals surface area (Å²) < 4.78 is 11.5. The van der Waals surface area contributed by atoms with Crippen molar-refractivity contribution >= 4 is 23.4 Å². The average molecular weight is 415 g/mol. The Bertz CT molecular complexity index is 879. The number of carbonyl (C=O) groups excluding carboxylic acids is 2. The van der Waals surface area contributed by atoms with Crippen LogP contribution in [0.1, 0.15) is 23.2 Å². The summed E-state index contributed by atoms with van der Waals surface area (Å²) in [6.45, 7) is 1.94. The van der Waals surface area contributed by atoms with Crippen molar-refractivity contribution in [3.63, 3.8) is 0 Å². The number of piperidine rings is 1. The molecule has 0 bridgehead atoms. The van der Waals surface area contributed by atoms with Crippen molar-refractivity contribution < 1.29 is 19.1 Å². The maximum Gasteiger partial charge on any atom is 0.253 e. The van der Waals surface area contributed by atoms with Crippen LogP contribution in [0, 0.1) is 5.92 Å². The number of nitrogens with one attached hydrogen (secondary N) is 1. The summed E-state index contributed by atoms with van der Waals surface area (Å²) in [6, 6.07) is 14.4. The van der Waals surface area contributed by atoms with Gasteiger partial charge in [0.05, 0.1) is 6.54 Å². The van der Waals surface area contributed by atoms with Crippen LogP contribution in [0.4, 0.5) is 0 Å². The van der Waals surface area contributed by atoms with Crippen molar-refractivity contribution in [3.05, 3.63) is 59.1 Å². The molecule has 29 heavy (non-hydrogen) atoms. The predicted octanol–water partition coefficient (Wildman–Crippen LogP) is 3.15. The van der Waals surface area contributed by atoms with Gasteiger partial charge in [-0.05, 0) is 49.2 Å². The molecule has 0 unspecified atom stereocenters. The lowest BCUT2D eigenvalue weighted by molar-refractivity contribution is -0.126. The molecule has 0 saturated carbocycles. The van der Waals surface area contributed by atoms with Gasteiger partial charge in [0.2, 0.25) is 5.91 Å². The lowest BCUT2D eigenvalue weighted by Gasteiger charge is -2.32. The summed E-state index contributed by atoms with van der Waals surface area (Å²) in [7, 11) is 0. The summed E-state index contributed by atoms with van der Waals surface area (Å²) in [5, 5.41) is 3.58. The molecule has 2 aliphatic rings. The van der Waals surface area contributed by atoms with E-state index in [1.165, 1.54) is 0 Å². The molecule has 2 aromatic rings. The van der Waals surface area contributed by atoms with Crippen LogP contribution in [0.2, 0.25) is 5.02 Å². The lowest BCUT2D eigenvalue weighted by atomic mass is 9.95. The first-order valence-electron chi connectivity index (χ1n) is 9.81. The van der Waals surface area contributed by atoms with E-state index in [1.807, 2.05) is 24.3 Å². The Balaban J connectivity index is 1.23. The number of rotatable bonds is 4. The molecule has 7 heteroatoms. The molecule has 152 valence electrons. The van der Waals surface area contributed by atoms with E-state index in [4.69, 9.17) is 21.1 Å². The summed E-state index contributed by atoms with van der Waals surface area (Å²) in [4.78, 5) is 26.9. The third-order valence-electron chi connectivity index (χ3n) is 5.32. The molecule has 1 N–H and O–H groups in total. The Morgan fingerprint density at radius 2 is 1.72 bits per heavy atom. The van der Waals surface area contributed by atoms with Gasteiger partial charge in [0.1, 0.15) is 12.7 Å². The molecule has 2 amide bonds. The van der Waals surface area contributed by atoms with Gasteiger partial charge in [-0.3, -0.25) is 9.59 Å². The van der Waals surface area contributed by atoms with Crippen molar-refractivity contribution in [2.24, 2.45) is 5.92 Å². The molecule has 1 fully saturated rings. The minimum Gasteiger partial charge on any atom is -0.486 e. The molecule has 1 saturated heterocycles. The number of fused-ring (bicyclic) bond motifs is 1. The summed E-state index contributed by atoms with van der Waals surface area (Å²) in [5.74, 6) is 1.32. The van der Waals surface area contributed by atoms with Crippen LogP contribution in [0.5, 0.6) is 11.5 Å². The zero-order valence-corrected chi connectivity index (χ0v) is 16.7. The number of ether oxygens (including phenoxy) is 2. The number of amides is 2. The topological polar surface area (TPSA) is 67.9 Å². The number of nitrogens with zero attached hydrogens (tertiary/aromatic N) is 1. The second kappa shape index (κ2) is 8.74. The SMILES string of the molecule is O=C(NC[C@H]1COc2ccccc2O1)C1CCN(C(=O)c2ccc(Cl)cc2)CC1. The van der Waals surface area contributed by atoms with E-state index in [0.717, 1.165) is 5.75 Å². The van der Waals surface area contributed by atoms with E-state index in [0.29, 0.717) is 55.4 Å². The van der Waals surface area contributed by atoms with Crippen LogP contribution in [0.25, 0.3) is 0 Å². The first-order chi connectivity index (χ1) is 14.1. The summed E-state index contributed by atoms with van der Waals surface area (Å²) >= 11 is 5.88. The fourth-order valence-electron chi connectivity index (χ4n) is 3.64. The first kappa shape index (κ1) is 19.6. The Kier molecular flexibility index (Phi) is 5.90. The van der Waals surface area contributed by atoms with Crippen molar-refractivity contribution in [1.82, 2.24) is 10.2 Å². The molecule has 2 aromatic carbocycles. The molecular weight excluding hydrogens is 392 g/mol. The number of para-hydroxylation sites is 2.